The van der Waals surface area contributed by atoms with Crippen LogP contribution in [0.5, 0.6) is 0 Å². The number of hydrogen-bond acceptors (Lipinski definition) is 2. The molecule has 3 unspecified atom stereocenters. The van der Waals surface area contributed by atoms with Gasteiger partial charge in [-0.2, -0.15) is 0 Å². The van der Waals surface area contributed by atoms with E-state index in [0.29, 0.717) is 6.04 Å². The van der Waals surface area contributed by atoms with E-state index in [-0.39, 0.29) is 0 Å². The third-order valence-corrected chi connectivity index (χ3v) is 5.28. The summed E-state index contributed by atoms with van der Waals surface area (Å²) in [5, 5.41) is 3.73. The molecule has 1 N–H and O–H groups in total. The Morgan fingerprint density at radius 3 is 2.74 bits per heavy atom. The van der Waals surface area contributed by atoms with Gasteiger partial charge in [0.2, 0.25) is 0 Å². The summed E-state index contributed by atoms with van der Waals surface area (Å²) in [5.41, 5.74) is 4.27. The molecule has 2 nitrogen and oxygen atoms in total. The molecule has 1 aromatic rings. The summed E-state index contributed by atoms with van der Waals surface area (Å²) in [6, 6.07) is 7.55. The lowest BCUT2D eigenvalue weighted by molar-refractivity contribution is 0.134. The average molecular weight is 257 g/mol. The number of hydrogen-bond donors (Lipinski definition) is 1. The molecule has 1 heterocycles. The van der Waals surface area contributed by atoms with Gasteiger partial charge in [0.05, 0.1) is 13.2 Å². The molecule has 0 spiro atoms. The van der Waals surface area contributed by atoms with Crippen molar-refractivity contribution in [3.63, 3.8) is 0 Å². The fourth-order valence-electron chi connectivity index (χ4n) is 4.20. The van der Waals surface area contributed by atoms with Crippen molar-refractivity contribution in [2.45, 2.75) is 45.4 Å². The van der Waals surface area contributed by atoms with E-state index in [0.717, 1.165) is 37.5 Å². The van der Waals surface area contributed by atoms with Crippen molar-refractivity contribution in [3.8, 4) is 0 Å². The standard InChI is InChI=1S/C17H23NO/c1-2-18-17(15-7-13-6-14(13)8-15)11-3-4-12-9-19-10-16(12)5-11/h3-5,13-15,17-18H,2,6-10H2,1H3. The lowest BCUT2D eigenvalue weighted by atomic mass is 9.88. The summed E-state index contributed by atoms with van der Waals surface area (Å²) >= 11 is 0. The number of fused-ring (bicyclic) bond motifs is 2. The normalized spacial score (nSPS) is 33.0. The molecule has 1 aromatic carbocycles. The molecule has 2 saturated carbocycles. The van der Waals surface area contributed by atoms with Gasteiger partial charge >= 0.3 is 0 Å². The fourth-order valence-corrected chi connectivity index (χ4v) is 4.20. The van der Waals surface area contributed by atoms with E-state index in [2.05, 4.69) is 30.4 Å². The summed E-state index contributed by atoms with van der Waals surface area (Å²) in [7, 11) is 0. The van der Waals surface area contributed by atoms with E-state index < -0.39 is 0 Å². The quantitative estimate of drug-likeness (QED) is 0.892. The SMILES string of the molecule is CCNC(c1ccc2c(c1)COC2)C1CC2CC2C1. The Hall–Kier alpha value is -0.860. The summed E-state index contributed by atoms with van der Waals surface area (Å²) < 4.78 is 5.54. The topological polar surface area (TPSA) is 21.3 Å². The summed E-state index contributed by atoms with van der Waals surface area (Å²) in [4.78, 5) is 0. The molecule has 2 aliphatic carbocycles. The van der Waals surface area contributed by atoms with Gasteiger partial charge < -0.3 is 10.1 Å². The third kappa shape index (κ3) is 2.11. The Bertz CT molecular complexity index is 474. The monoisotopic (exact) mass is 257 g/mol. The van der Waals surface area contributed by atoms with E-state index in [9.17, 15) is 0 Å². The molecule has 19 heavy (non-hydrogen) atoms. The van der Waals surface area contributed by atoms with Gasteiger partial charge in [0, 0.05) is 6.04 Å². The van der Waals surface area contributed by atoms with Gasteiger partial charge in [0.15, 0.2) is 0 Å². The Kier molecular flexibility index (Phi) is 2.89. The van der Waals surface area contributed by atoms with Gasteiger partial charge in [0.1, 0.15) is 0 Å². The molecular weight excluding hydrogens is 234 g/mol. The Labute approximate surface area is 115 Å². The van der Waals surface area contributed by atoms with Crippen molar-refractivity contribution in [1.29, 1.82) is 0 Å². The second kappa shape index (κ2) is 4.60. The van der Waals surface area contributed by atoms with Crippen LogP contribution in [0.25, 0.3) is 0 Å². The fraction of sp³-hybridized carbons (Fsp3) is 0.647. The minimum Gasteiger partial charge on any atom is -0.372 e. The molecular formula is C17H23NO. The van der Waals surface area contributed by atoms with Crippen molar-refractivity contribution < 1.29 is 4.74 Å². The molecule has 3 aliphatic rings. The molecule has 0 saturated heterocycles. The van der Waals surface area contributed by atoms with Crippen LogP contribution in [0.15, 0.2) is 18.2 Å². The maximum absolute atomic E-state index is 5.54. The maximum atomic E-state index is 5.54. The lowest BCUT2D eigenvalue weighted by Gasteiger charge is -2.26. The summed E-state index contributed by atoms with van der Waals surface area (Å²) in [5.74, 6) is 2.97. The van der Waals surface area contributed by atoms with Crippen LogP contribution in [0.3, 0.4) is 0 Å². The smallest absolute Gasteiger partial charge is 0.0725 e. The van der Waals surface area contributed by atoms with Gasteiger partial charge in [-0.15, -0.1) is 0 Å². The molecule has 0 aromatic heterocycles. The molecule has 0 amide bonds. The van der Waals surface area contributed by atoms with Crippen LogP contribution < -0.4 is 5.32 Å². The van der Waals surface area contributed by atoms with Gasteiger partial charge in [-0.1, -0.05) is 25.1 Å². The summed E-state index contributed by atoms with van der Waals surface area (Å²) in [6.07, 6.45) is 4.39. The predicted octanol–water partition coefficient (Wildman–Crippen LogP) is 3.41. The zero-order valence-corrected chi connectivity index (χ0v) is 11.7. The van der Waals surface area contributed by atoms with Crippen LogP contribution in [-0.4, -0.2) is 6.54 Å². The molecule has 0 bridgehead atoms. The van der Waals surface area contributed by atoms with Crippen LogP contribution >= 0.6 is 0 Å². The second-order valence-electron chi connectivity index (χ2n) is 6.54. The summed E-state index contributed by atoms with van der Waals surface area (Å²) in [6.45, 7) is 4.89. The first-order valence-electron chi connectivity index (χ1n) is 7.78. The van der Waals surface area contributed by atoms with E-state index in [4.69, 9.17) is 4.74 Å². The Balaban J connectivity index is 1.59. The van der Waals surface area contributed by atoms with E-state index in [1.165, 1.54) is 36.0 Å². The average Bonchev–Trinajstić information content (AvgIpc) is 2.88. The van der Waals surface area contributed by atoms with E-state index >= 15 is 0 Å². The molecule has 102 valence electrons. The van der Waals surface area contributed by atoms with Crippen LogP contribution in [0, 0.1) is 17.8 Å². The van der Waals surface area contributed by atoms with Crippen molar-refractivity contribution >= 4 is 0 Å². The highest BCUT2D eigenvalue weighted by molar-refractivity contribution is 5.35. The first kappa shape index (κ1) is 11.9. The first-order valence-corrected chi connectivity index (χ1v) is 7.78. The highest BCUT2D eigenvalue weighted by Gasteiger charge is 2.47. The van der Waals surface area contributed by atoms with Crippen LogP contribution in [0.1, 0.15) is 48.9 Å². The van der Waals surface area contributed by atoms with Gasteiger partial charge in [-0.25, -0.2) is 0 Å². The van der Waals surface area contributed by atoms with E-state index in [1.807, 2.05) is 0 Å². The molecule has 2 fully saturated rings. The molecule has 4 rings (SSSR count). The molecule has 0 radical (unpaired) electrons. The van der Waals surface area contributed by atoms with Crippen molar-refractivity contribution in [1.82, 2.24) is 5.32 Å². The number of nitrogens with one attached hydrogen (secondary N) is 1. The number of ether oxygens (including phenoxy) is 1. The van der Waals surface area contributed by atoms with Gasteiger partial charge in [-0.3, -0.25) is 0 Å². The zero-order chi connectivity index (χ0) is 12.8. The molecule has 3 atom stereocenters. The largest absolute Gasteiger partial charge is 0.372 e. The molecule has 2 heteroatoms. The number of benzene rings is 1. The first-order chi connectivity index (χ1) is 9.35. The maximum Gasteiger partial charge on any atom is 0.0725 e. The predicted molar refractivity (Wildman–Crippen MR) is 75.7 cm³/mol. The van der Waals surface area contributed by atoms with Crippen LogP contribution in [0.2, 0.25) is 0 Å². The Morgan fingerprint density at radius 2 is 1.95 bits per heavy atom. The molecule has 1 aliphatic heterocycles. The van der Waals surface area contributed by atoms with Gasteiger partial charge in [0.25, 0.3) is 0 Å². The minimum absolute atomic E-state index is 0.559. The van der Waals surface area contributed by atoms with Crippen molar-refractivity contribution in [3.05, 3.63) is 34.9 Å². The zero-order valence-electron chi connectivity index (χ0n) is 11.7. The lowest BCUT2D eigenvalue weighted by Crippen LogP contribution is -2.27. The van der Waals surface area contributed by atoms with Crippen molar-refractivity contribution in [2.24, 2.45) is 17.8 Å². The third-order valence-electron chi connectivity index (χ3n) is 5.28. The number of rotatable bonds is 4. The van der Waals surface area contributed by atoms with Crippen LogP contribution in [-0.2, 0) is 18.0 Å². The minimum atomic E-state index is 0.559. The highest BCUT2D eigenvalue weighted by Crippen LogP contribution is 2.57. The van der Waals surface area contributed by atoms with Gasteiger partial charge in [-0.05, 0) is 60.3 Å². The second-order valence-corrected chi connectivity index (χ2v) is 6.54. The van der Waals surface area contributed by atoms with Crippen LogP contribution in [0.4, 0.5) is 0 Å². The van der Waals surface area contributed by atoms with E-state index in [1.54, 1.807) is 0 Å². The Morgan fingerprint density at radius 1 is 1.16 bits per heavy atom. The highest BCUT2D eigenvalue weighted by atomic mass is 16.5. The van der Waals surface area contributed by atoms with Crippen molar-refractivity contribution in [2.75, 3.05) is 6.54 Å².